The third kappa shape index (κ3) is 4.05. The minimum Gasteiger partial charge on any atom is -0.481 e. The molecule has 0 saturated carbocycles. The average Bonchev–Trinajstić information content (AvgIpc) is 2.56. The number of likely N-dealkylation sites (tertiary alicyclic amines) is 1. The van der Waals surface area contributed by atoms with Gasteiger partial charge >= 0.3 is 12.1 Å². The van der Waals surface area contributed by atoms with Crippen molar-refractivity contribution in [2.45, 2.75) is 25.4 Å². The molecular weight excluding hydrogens is 353 g/mol. The van der Waals surface area contributed by atoms with E-state index in [1.54, 1.807) is 9.80 Å². The van der Waals surface area contributed by atoms with E-state index < -0.39 is 17.7 Å². The number of carbonyl (C=O) groups excluding carboxylic acids is 1. The highest BCUT2D eigenvalue weighted by Crippen LogP contribution is 2.30. The van der Waals surface area contributed by atoms with Gasteiger partial charge in [0.2, 0.25) is 11.9 Å². The van der Waals surface area contributed by atoms with Gasteiger partial charge in [0, 0.05) is 50.4 Å². The molecule has 3 rings (SSSR count). The molecule has 0 aliphatic carbocycles. The monoisotopic (exact) mass is 372 g/mol. The van der Waals surface area contributed by atoms with Gasteiger partial charge in [-0.2, -0.15) is 13.2 Å². The first-order valence-corrected chi connectivity index (χ1v) is 8.39. The van der Waals surface area contributed by atoms with Crippen molar-refractivity contribution in [3.63, 3.8) is 0 Å². The number of carboxylic acid groups (broad SMARTS) is 1. The second-order valence-corrected chi connectivity index (χ2v) is 6.74. The number of hydrogen-bond donors (Lipinski definition) is 1. The number of alkyl halides is 3. The fourth-order valence-electron chi connectivity index (χ4n) is 3.34. The molecule has 3 heterocycles. The van der Waals surface area contributed by atoms with Crippen molar-refractivity contribution < 1.29 is 27.9 Å². The summed E-state index contributed by atoms with van der Waals surface area (Å²) >= 11 is 0. The minimum absolute atomic E-state index is 0.0251. The Balaban J connectivity index is 1.48. The Bertz CT molecular complexity index is 666. The number of carboxylic acids is 1. The summed E-state index contributed by atoms with van der Waals surface area (Å²) in [5.74, 6) is -0.718. The minimum atomic E-state index is -4.46. The maximum absolute atomic E-state index is 12.5. The Morgan fingerprint density at radius 1 is 1.15 bits per heavy atom. The summed E-state index contributed by atoms with van der Waals surface area (Å²) in [4.78, 5) is 34.1. The third-order valence-corrected chi connectivity index (χ3v) is 4.82. The van der Waals surface area contributed by atoms with Crippen molar-refractivity contribution >= 4 is 17.8 Å². The molecule has 0 unspecified atom stereocenters. The van der Waals surface area contributed by atoms with Crippen LogP contribution in [-0.2, 0) is 15.8 Å². The highest BCUT2D eigenvalue weighted by Gasteiger charge is 2.37. The molecule has 10 heteroatoms. The van der Waals surface area contributed by atoms with E-state index in [1.165, 1.54) is 0 Å². The Kier molecular flexibility index (Phi) is 5.01. The molecule has 26 heavy (non-hydrogen) atoms. The van der Waals surface area contributed by atoms with E-state index in [4.69, 9.17) is 5.11 Å². The maximum Gasteiger partial charge on any atom is 0.419 e. The number of carbonyl (C=O) groups is 2. The number of halogens is 3. The topological polar surface area (TPSA) is 86.6 Å². The van der Waals surface area contributed by atoms with Gasteiger partial charge in [-0.3, -0.25) is 9.59 Å². The maximum atomic E-state index is 12.5. The van der Waals surface area contributed by atoms with Crippen LogP contribution < -0.4 is 4.90 Å². The number of amides is 1. The van der Waals surface area contributed by atoms with Crippen molar-refractivity contribution in [3.05, 3.63) is 18.0 Å². The van der Waals surface area contributed by atoms with Crippen LogP contribution in [0, 0.1) is 11.8 Å². The summed E-state index contributed by atoms with van der Waals surface area (Å²) in [6, 6.07) is 0. The molecule has 0 bridgehead atoms. The molecule has 1 N–H and O–H groups in total. The summed E-state index contributed by atoms with van der Waals surface area (Å²) < 4.78 is 37.6. The zero-order valence-corrected chi connectivity index (χ0v) is 13.9. The van der Waals surface area contributed by atoms with E-state index in [2.05, 4.69) is 9.97 Å². The van der Waals surface area contributed by atoms with Crippen molar-refractivity contribution in [2.75, 3.05) is 31.1 Å². The van der Waals surface area contributed by atoms with Crippen LogP contribution in [-0.4, -0.2) is 58.0 Å². The van der Waals surface area contributed by atoms with E-state index in [1.807, 2.05) is 0 Å². The number of hydrogen-bond acceptors (Lipinski definition) is 5. The lowest BCUT2D eigenvalue weighted by Crippen LogP contribution is -2.53. The van der Waals surface area contributed by atoms with Crippen molar-refractivity contribution in [2.24, 2.45) is 11.8 Å². The van der Waals surface area contributed by atoms with Crippen LogP contribution in [0.1, 0.15) is 24.8 Å². The summed E-state index contributed by atoms with van der Waals surface area (Å²) in [5, 5.41) is 8.74. The number of piperidine rings is 1. The first kappa shape index (κ1) is 18.4. The van der Waals surface area contributed by atoms with Crippen LogP contribution in [0.15, 0.2) is 12.4 Å². The molecule has 0 atom stereocenters. The Morgan fingerprint density at radius 2 is 1.73 bits per heavy atom. The predicted octanol–water partition coefficient (Wildman–Crippen LogP) is 1.64. The molecule has 1 aromatic rings. The summed E-state index contributed by atoms with van der Waals surface area (Å²) in [7, 11) is 0. The van der Waals surface area contributed by atoms with Crippen LogP contribution in [0.25, 0.3) is 0 Å². The molecule has 142 valence electrons. The van der Waals surface area contributed by atoms with Gasteiger partial charge in [-0.25, -0.2) is 9.97 Å². The lowest BCUT2D eigenvalue weighted by Gasteiger charge is -2.42. The number of rotatable bonds is 4. The molecule has 0 spiro atoms. The lowest BCUT2D eigenvalue weighted by molar-refractivity contribution is -0.147. The molecule has 7 nitrogen and oxygen atoms in total. The molecule has 1 amide bonds. The average molecular weight is 372 g/mol. The van der Waals surface area contributed by atoms with Crippen LogP contribution in [0.2, 0.25) is 0 Å². The molecule has 0 radical (unpaired) electrons. The Hall–Kier alpha value is -2.39. The molecule has 2 aliphatic rings. The number of aromatic nitrogens is 2. The second-order valence-electron chi connectivity index (χ2n) is 6.74. The SMILES string of the molecule is O=C(O)CC1CN(C(=O)C2CCN(c3ncc(C(F)(F)F)cn3)CC2)C1. The van der Waals surface area contributed by atoms with Gasteiger partial charge in [-0.1, -0.05) is 0 Å². The Morgan fingerprint density at radius 3 is 2.23 bits per heavy atom. The zero-order valence-electron chi connectivity index (χ0n) is 13.9. The van der Waals surface area contributed by atoms with Gasteiger partial charge in [0.1, 0.15) is 0 Å². The van der Waals surface area contributed by atoms with E-state index >= 15 is 0 Å². The fourth-order valence-corrected chi connectivity index (χ4v) is 3.34. The fraction of sp³-hybridized carbons (Fsp3) is 0.625. The van der Waals surface area contributed by atoms with Crippen molar-refractivity contribution in [1.82, 2.24) is 14.9 Å². The summed E-state index contributed by atoms with van der Waals surface area (Å²) in [6.07, 6.45) is -1.71. The van der Waals surface area contributed by atoms with Crippen LogP contribution in [0.3, 0.4) is 0 Å². The van der Waals surface area contributed by atoms with Gasteiger partial charge in [0.05, 0.1) is 12.0 Å². The van der Waals surface area contributed by atoms with Crippen molar-refractivity contribution in [3.8, 4) is 0 Å². The number of aliphatic carboxylic acids is 1. The van der Waals surface area contributed by atoms with E-state index in [9.17, 15) is 22.8 Å². The second kappa shape index (κ2) is 7.08. The van der Waals surface area contributed by atoms with Crippen molar-refractivity contribution in [1.29, 1.82) is 0 Å². The third-order valence-electron chi connectivity index (χ3n) is 4.82. The predicted molar refractivity (Wildman–Crippen MR) is 84.3 cm³/mol. The largest absolute Gasteiger partial charge is 0.481 e. The normalized spacial score (nSPS) is 19.3. The van der Waals surface area contributed by atoms with Gasteiger partial charge in [0.25, 0.3) is 0 Å². The summed E-state index contributed by atoms with van der Waals surface area (Å²) in [6.45, 7) is 1.95. The number of nitrogens with zero attached hydrogens (tertiary/aromatic N) is 4. The van der Waals surface area contributed by atoms with E-state index in [-0.39, 0.29) is 30.1 Å². The molecule has 2 fully saturated rings. The highest BCUT2D eigenvalue weighted by atomic mass is 19.4. The van der Waals surface area contributed by atoms with Gasteiger partial charge < -0.3 is 14.9 Å². The molecule has 2 aliphatic heterocycles. The Labute approximate surface area is 147 Å². The summed E-state index contributed by atoms with van der Waals surface area (Å²) in [5.41, 5.74) is -0.889. The van der Waals surface area contributed by atoms with Gasteiger partial charge in [0.15, 0.2) is 0 Å². The zero-order chi connectivity index (χ0) is 18.9. The standard InChI is InChI=1S/C16H19F3N4O3/c17-16(18,19)12-6-20-15(21-7-12)22-3-1-11(2-4-22)14(26)23-8-10(9-23)5-13(24)25/h6-7,10-11H,1-5,8-9H2,(H,24,25). The lowest BCUT2D eigenvalue weighted by atomic mass is 9.90. The highest BCUT2D eigenvalue weighted by molar-refractivity contribution is 5.80. The quantitative estimate of drug-likeness (QED) is 0.865. The van der Waals surface area contributed by atoms with Gasteiger partial charge in [-0.15, -0.1) is 0 Å². The van der Waals surface area contributed by atoms with Crippen LogP contribution in [0.5, 0.6) is 0 Å². The van der Waals surface area contributed by atoms with Crippen LogP contribution >= 0.6 is 0 Å². The number of anilines is 1. The molecule has 1 aromatic heterocycles. The smallest absolute Gasteiger partial charge is 0.419 e. The molecule has 2 saturated heterocycles. The van der Waals surface area contributed by atoms with E-state index in [0.717, 1.165) is 12.4 Å². The van der Waals surface area contributed by atoms with Gasteiger partial charge in [-0.05, 0) is 12.8 Å². The first-order valence-electron chi connectivity index (χ1n) is 8.39. The first-order chi connectivity index (χ1) is 12.2. The molecule has 0 aromatic carbocycles. The van der Waals surface area contributed by atoms with Crippen LogP contribution in [0.4, 0.5) is 19.1 Å². The van der Waals surface area contributed by atoms with E-state index in [0.29, 0.717) is 39.0 Å². The molecular formula is C16H19F3N4O3.